The lowest BCUT2D eigenvalue weighted by Crippen LogP contribution is -2.42. The second-order valence-electron chi connectivity index (χ2n) is 16.9. The third-order valence-corrected chi connectivity index (χ3v) is 13.5. The van der Waals surface area contributed by atoms with E-state index in [1.54, 1.807) is 16.7 Å². The van der Waals surface area contributed by atoms with E-state index in [0.29, 0.717) is 17.6 Å². The lowest BCUT2D eigenvalue weighted by atomic mass is 9.59. The first-order chi connectivity index (χ1) is 25.9. The first-order valence-electron chi connectivity index (χ1n) is 20.5. The van der Waals surface area contributed by atoms with Crippen LogP contribution >= 0.6 is 0 Å². The highest BCUT2D eigenvalue weighted by Crippen LogP contribution is 2.53. The zero-order valence-electron chi connectivity index (χ0n) is 32.0. The SMILES string of the molecule is Cc1ccc2c(c1)CCC[C@H]1CC(=O)CC[C@@]21Cc1ccccc1.Cc1ccc2c(c1)CCC[C@H]1CC(c3ccccc3)=CC[C@@]21Cc1ccccc1. The molecule has 5 aromatic rings. The predicted octanol–water partition coefficient (Wildman–Crippen LogP) is 12.5. The van der Waals surface area contributed by atoms with Gasteiger partial charge in [0.05, 0.1) is 0 Å². The van der Waals surface area contributed by atoms with Gasteiger partial charge in [-0.25, -0.2) is 0 Å². The van der Waals surface area contributed by atoms with Crippen LogP contribution in [0.3, 0.4) is 0 Å². The molecular weight excluding hydrogens is 641 g/mol. The summed E-state index contributed by atoms with van der Waals surface area (Å²) in [6, 6.07) is 47.4. The molecule has 0 aromatic heterocycles. The molecule has 4 aliphatic rings. The van der Waals surface area contributed by atoms with Gasteiger partial charge in [-0.2, -0.15) is 0 Å². The largest absolute Gasteiger partial charge is 0.300 e. The third-order valence-electron chi connectivity index (χ3n) is 13.5. The van der Waals surface area contributed by atoms with Crippen molar-refractivity contribution in [1.82, 2.24) is 0 Å². The summed E-state index contributed by atoms with van der Waals surface area (Å²) in [4.78, 5) is 12.2. The number of Topliss-reactive ketones (excluding diaryl/α,β-unsaturated/α-hetero) is 1. The van der Waals surface area contributed by atoms with Gasteiger partial charge in [0.1, 0.15) is 5.78 Å². The zero-order valence-corrected chi connectivity index (χ0v) is 32.0. The minimum absolute atomic E-state index is 0.148. The van der Waals surface area contributed by atoms with Crippen LogP contribution < -0.4 is 0 Å². The van der Waals surface area contributed by atoms with Gasteiger partial charge in [-0.3, -0.25) is 4.79 Å². The molecule has 0 amide bonds. The second kappa shape index (κ2) is 15.5. The van der Waals surface area contributed by atoms with Gasteiger partial charge in [0.25, 0.3) is 0 Å². The molecule has 0 saturated heterocycles. The normalized spacial score (nSPS) is 24.8. The summed E-state index contributed by atoms with van der Waals surface area (Å²) in [6.07, 6.45) is 17.1. The summed E-state index contributed by atoms with van der Waals surface area (Å²) in [5.41, 5.74) is 15.3. The molecule has 270 valence electrons. The van der Waals surface area contributed by atoms with Crippen LogP contribution in [0, 0.1) is 25.7 Å². The highest BCUT2D eigenvalue weighted by Gasteiger charge is 2.47. The van der Waals surface area contributed by atoms with Gasteiger partial charge in [0.15, 0.2) is 0 Å². The molecule has 0 N–H and O–H groups in total. The molecule has 0 aliphatic heterocycles. The molecule has 4 aliphatic carbocycles. The Balaban J connectivity index is 0.000000154. The van der Waals surface area contributed by atoms with Crippen LogP contribution in [0.5, 0.6) is 0 Å². The molecule has 0 bridgehead atoms. The minimum atomic E-state index is 0.148. The summed E-state index contributed by atoms with van der Waals surface area (Å²) in [6.45, 7) is 4.43. The van der Waals surface area contributed by atoms with Crippen LogP contribution in [0.1, 0.15) is 108 Å². The third kappa shape index (κ3) is 7.37. The molecule has 0 unspecified atom stereocenters. The fourth-order valence-electron chi connectivity index (χ4n) is 11.0. The molecule has 0 heterocycles. The van der Waals surface area contributed by atoms with Crippen molar-refractivity contribution in [2.24, 2.45) is 11.8 Å². The fraction of sp³-hybridized carbons (Fsp3) is 0.365. The lowest BCUT2D eigenvalue weighted by Gasteiger charge is -2.45. The van der Waals surface area contributed by atoms with Crippen molar-refractivity contribution in [1.29, 1.82) is 0 Å². The molecule has 0 radical (unpaired) electrons. The number of carbonyl (C=O) groups is 1. The van der Waals surface area contributed by atoms with Gasteiger partial charge in [-0.15, -0.1) is 0 Å². The number of allylic oxidation sites excluding steroid dienone is 2. The van der Waals surface area contributed by atoms with Gasteiger partial charge >= 0.3 is 0 Å². The van der Waals surface area contributed by atoms with Gasteiger partial charge in [0.2, 0.25) is 0 Å². The van der Waals surface area contributed by atoms with Crippen LogP contribution in [0.4, 0.5) is 0 Å². The Morgan fingerprint density at radius 1 is 0.566 bits per heavy atom. The number of ketones is 1. The van der Waals surface area contributed by atoms with Crippen LogP contribution in [0.25, 0.3) is 5.57 Å². The zero-order chi connectivity index (χ0) is 36.3. The Bertz CT molecular complexity index is 2060. The van der Waals surface area contributed by atoms with E-state index in [4.69, 9.17) is 0 Å². The van der Waals surface area contributed by atoms with Crippen molar-refractivity contribution in [3.8, 4) is 0 Å². The fourth-order valence-corrected chi connectivity index (χ4v) is 11.0. The van der Waals surface area contributed by atoms with Gasteiger partial charge in [0, 0.05) is 23.7 Å². The maximum atomic E-state index is 12.2. The van der Waals surface area contributed by atoms with E-state index in [1.165, 1.54) is 77.5 Å². The van der Waals surface area contributed by atoms with Crippen molar-refractivity contribution >= 4 is 11.4 Å². The number of hydrogen-bond acceptors (Lipinski definition) is 1. The molecule has 4 atom stereocenters. The van der Waals surface area contributed by atoms with E-state index in [2.05, 4.69) is 147 Å². The predicted molar refractivity (Wildman–Crippen MR) is 221 cm³/mol. The molecule has 53 heavy (non-hydrogen) atoms. The van der Waals surface area contributed by atoms with Gasteiger partial charge < -0.3 is 0 Å². The van der Waals surface area contributed by atoms with E-state index >= 15 is 0 Å². The van der Waals surface area contributed by atoms with Crippen molar-refractivity contribution in [2.45, 2.75) is 108 Å². The number of benzene rings is 5. The highest BCUT2D eigenvalue weighted by molar-refractivity contribution is 5.80. The van der Waals surface area contributed by atoms with Gasteiger partial charge in [-0.05, 0) is 141 Å². The minimum Gasteiger partial charge on any atom is -0.300 e. The van der Waals surface area contributed by atoms with E-state index in [0.717, 1.165) is 44.9 Å². The molecule has 1 nitrogen and oxygen atoms in total. The number of rotatable bonds is 5. The number of hydrogen-bond donors (Lipinski definition) is 0. The summed E-state index contributed by atoms with van der Waals surface area (Å²) >= 11 is 0. The Kier molecular flexibility index (Phi) is 10.4. The smallest absolute Gasteiger partial charge is 0.133 e. The second-order valence-corrected chi connectivity index (χ2v) is 16.9. The van der Waals surface area contributed by atoms with E-state index < -0.39 is 0 Å². The quantitative estimate of drug-likeness (QED) is 0.179. The van der Waals surface area contributed by atoms with Crippen molar-refractivity contribution in [2.75, 3.05) is 0 Å². The van der Waals surface area contributed by atoms with Crippen molar-refractivity contribution in [3.05, 3.63) is 184 Å². The maximum absolute atomic E-state index is 12.2. The number of fused-ring (bicyclic) bond motifs is 6. The molecule has 5 aromatic carbocycles. The standard InChI is InChI=1S/C29H30.C23H26O/c1-22-15-16-28-26(19-22)13-8-14-27-20-25(24-11-6-3-7-12-24)17-18-29(27,28)21-23-9-4-2-5-10-23;1-17-10-11-22-19(14-17)8-5-9-20-15-21(24)12-13-23(20,22)16-18-6-3-2-4-7-18/h2-7,9-12,15-17,19,27H,8,13-14,18,20-21H2,1H3;2-4,6-7,10-11,14,20H,5,8-9,12-13,15-16H2,1H3/t27-,29-;20-,23-/m00/s1. The molecule has 9 rings (SSSR count). The topological polar surface area (TPSA) is 17.1 Å². The average molecular weight is 697 g/mol. The molecule has 0 spiro atoms. The van der Waals surface area contributed by atoms with Crippen LogP contribution in [-0.4, -0.2) is 5.78 Å². The molecule has 1 fully saturated rings. The van der Waals surface area contributed by atoms with Crippen molar-refractivity contribution < 1.29 is 4.79 Å². The first kappa shape index (κ1) is 35.5. The maximum Gasteiger partial charge on any atom is 0.133 e. The highest BCUT2D eigenvalue weighted by atomic mass is 16.1. The van der Waals surface area contributed by atoms with Crippen LogP contribution in [0.15, 0.2) is 133 Å². The summed E-state index contributed by atoms with van der Waals surface area (Å²) < 4.78 is 0. The Morgan fingerprint density at radius 3 is 1.66 bits per heavy atom. The Hall–Kier alpha value is -4.49. The summed E-state index contributed by atoms with van der Waals surface area (Å²) in [7, 11) is 0. The van der Waals surface area contributed by atoms with Crippen LogP contribution in [-0.2, 0) is 41.3 Å². The summed E-state index contributed by atoms with van der Waals surface area (Å²) in [5, 5.41) is 0. The van der Waals surface area contributed by atoms with Gasteiger partial charge in [-0.1, -0.05) is 145 Å². The number of carbonyl (C=O) groups excluding carboxylic acids is 1. The monoisotopic (exact) mass is 696 g/mol. The number of aryl methyl sites for hydroxylation is 4. The van der Waals surface area contributed by atoms with E-state index in [-0.39, 0.29) is 10.8 Å². The van der Waals surface area contributed by atoms with Crippen LogP contribution in [0.2, 0.25) is 0 Å². The van der Waals surface area contributed by atoms with E-state index in [9.17, 15) is 4.79 Å². The Labute approximate surface area is 318 Å². The summed E-state index contributed by atoms with van der Waals surface area (Å²) in [5.74, 6) is 1.68. The average Bonchev–Trinajstić information content (AvgIpc) is 3.43. The molecule has 1 heteroatoms. The lowest BCUT2D eigenvalue weighted by molar-refractivity contribution is -0.123. The van der Waals surface area contributed by atoms with E-state index in [1.807, 2.05) is 0 Å². The van der Waals surface area contributed by atoms with Crippen molar-refractivity contribution in [3.63, 3.8) is 0 Å². The Morgan fingerprint density at radius 2 is 1.08 bits per heavy atom. The first-order valence-corrected chi connectivity index (χ1v) is 20.5. The molecular formula is C52H56O. The molecule has 1 saturated carbocycles.